The van der Waals surface area contributed by atoms with Crippen LogP contribution in [0.3, 0.4) is 0 Å². The van der Waals surface area contributed by atoms with Crippen molar-refractivity contribution in [2.24, 2.45) is 53.3 Å². The number of nitrogen functional groups attached to an aromatic ring is 1. The Bertz CT molecular complexity index is 2130. The number of nitrogens with zero attached hydrogens (tertiary/aromatic N) is 1. The van der Waals surface area contributed by atoms with Crippen molar-refractivity contribution >= 4 is 34.5 Å². The van der Waals surface area contributed by atoms with Gasteiger partial charge in [-0.3, -0.25) is 19.4 Å². The Balaban J connectivity index is 0.000000542. The van der Waals surface area contributed by atoms with Gasteiger partial charge in [0, 0.05) is 53.9 Å². The standard InChI is InChI=1S/C22H31NO2.C20H31NO2.C19H29NO2.4CH4/c1-15(2)18-12-11-16(3)13-21(18)25-22(24)10-6-7-17-14-23-20-9-5-4-8-19(17)20;1-14(2)18-12-7-15(3)13-19(18)23-20(22)6-4-5-16-8-10-17(21)11-9-16;1-14(2)17-11-10-15(3)13-18(17)22-19(21)9-6-8-16-7-4-5-12-20-16;;;;/h4-5,8-9,14-16,18,21,23H,6-7,10-13H2,1-3H3;8-11,14-15,18-19H,4-7,12-13,21H2,1-3H3;4-5,7,12,14-15,17-18H,6,8-11,13H2,1-3H3;4*1H4. The first-order chi connectivity index (χ1) is 33.6. The number of fused-ring (bicyclic) bond motifs is 1. The fraction of sp³-hybridized carbons (Fsp3) is 0.662. The molecular weight excluding hydrogens is 919 g/mol. The fourth-order valence-electron chi connectivity index (χ4n) is 11.3. The molecule has 9 atom stereocenters. The summed E-state index contributed by atoms with van der Waals surface area (Å²) in [4.78, 5) is 44.3. The molecule has 3 aliphatic rings. The van der Waals surface area contributed by atoms with Gasteiger partial charge < -0.3 is 24.9 Å². The molecule has 9 unspecified atom stereocenters. The van der Waals surface area contributed by atoms with E-state index in [0.717, 1.165) is 74.7 Å². The Morgan fingerprint density at radius 1 is 0.554 bits per heavy atom. The number of aryl methyl sites for hydroxylation is 3. The van der Waals surface area contributed by atoms with Gasteiger partial charge in [0.05, 0.1) is 0 Å². The molecule has 0 spiro atoms. The van der Waals surface area contributed by atoms with Gasteiger partial charge in [-0.05, 0) is 172 Å². The van der Waals surface area contributed by atoms with E-state index in [-0.39, 0.29) is 65.9 Å². The number of carbonyl (C=O) groups is 3. The summed E-state index contributed by atoms with van der Waals surface area (Å²) in [6.45, 7) is 20.2. The molecule has 3 N–H and O–H groups in total. The van der Waals surface area contributed by atoms with Crippen LogP contribution in [0, 0.1) is 53.3 Å². The second-order valence-corrected chi connectivity index (χ2v) is 22.5. The molecule has 7 rings (SSSR count). The van der Waals surface area contributed by atoms with Gasteiger partial charge in [0.25, 0.3) is 0 Å². The van der Waals surface area contributed by atoms with Crippen LogP contribution < -0.4 is 5.73 Å². The normalized spacial score (nSPS) is 23.2. The SMILES string of the molecule is C.C.C.C.CC1CCC(C(C)C)C(OC(=O)CCCc2c[nH]c3ccccc23)C1.CC1CCC(C(C)C)C(OC(=O)CCCc2ccc(N)cc2)C1.CC1CCC(C(C)C)C(OC(=O)CCCc2ccccn2)C1. The molecule has 418 valence electrons. The van der Waals surface area contributed by atoms with Crippen LogP contribution in [0.4, 0.5) is 5.69 Å². The topological polar surface area (TPSA) is 134 Å². The molecule has 0 saturated heterocycles. The number of H-pyrrole nitrogens is 1. The number of esters is 3. The van der Waals surface area contributed by atoms with Gasteiger partial charge in [0.15, 0.2) is 0 Å². The molecule has 3 fully saturated rings. The molecule has 74 heavy (non-hydrogen) atoms. The molecule has 0 amide bonds. The molecule has 4 aromatic rings. The lowest BCUT2D eigenvalue weighted by Gasteiger charge is -2.36. The van der Waals surface area contributed by atoms with Gasteiger partial charge in [0.1, 0.15) is 18.3 Å². The van der Waals surface area contributed by atoms with Gasteiger partial charge in [-0.1, -0.05) is 148 Å². The van der Waals surface area contributed by atoms with Gasteiger partial charge in [-0.2, -0.15) is 0 Å². The molecule has 3 saturated carbocycles. The molecule has 3 aliphatic carbocycles. The van der Waals surface area contributed by atoms with Crippen LogP contribution in [0.1, 0.15) is 205 Å². The van der Waals surface area contributed by atoms with Gasteiger partial charge in [-0.15, -0.1) is 0 Å². The molecule has 0 aliphatic heterocycles. The Morgan fingerprint density at radius 2 is 0.973 bits per heavy atom. The maximum Gasteiger partial charge on any atom is 0.306 e. The van der Waals surface area contributed by atoms with E-state index in [0.29, 0.717) is 72.5 Å². The predicted octanol–water partition coefficient (Wildman–Crippen LogP) is 17.0. The lowest BCUT2D eigenvalue weighted by molar-refractivity contribution is -0.157. The summed E-state index contributed by atoms with van der Waals surface area (Å²) in [7, 11) is 0. The second-order valence-electron chi connectivity index (χ2n) is 22.5. The summed E-state index contributed by atoms with van der Waals surface area (Å²) in [5, 5.41) is 1.26. The molecule has 2 heterocycles. The molecule has 9 nitrogen and oxygen atoms in total. The molecule has 9 heteroatoms. The third-order valence-electron chi connectivity index (χ3n) is 15.6. The van der Waals surface area contributed by atoms with Crippen LogP contribution in [0.2, 0.25) is 0 Å². The number of nitrogens with two attached hydrogens (primary N) is 1. The van der Waals surface area contributed by atoms with Crippen molar-refractivity contribution in [2.75, 3.05) is 5.73 Å². The summed E-state index contributed by atoms with van der Waals surface area (Å²) in [6, 6.07) is 22.1. The maximum absolute atomic E-state index is 12.3. The highest BCUT2D eigenvalue weighted by Gasteiger charge is 2.35. The Labute approximate surface area is 452 Å². The average Bonchev–Trinajstić information content (AvgIpc) is 3.73. The number of ether oxygens (including phenoxy) is 3. The predicted molar refractivity (Wildman–Crippen MR) is 313 cm³/mol. The number of para-hydroxylation sites is 1. The van der Waals surface area contributed by atoms with E-state index in [2.05, 4.69) is 96.7 Å². The van der Waals surface area contributed by atoms with Crippen LogP contribution in [-0.4, -0.2) is 46.2 Å². The van der Waals surface area contributed by atoms with E-state index in [1.54, 1.807) is 6.20 Å². The monoisotopic (exact) mass is 1030 g/mol. The number of benzene rings is 2. The first-order valence-corrected chi connectivity index (χ1v) is 27.4. The van der Waals surface area contributed by atoms with Crippen molar-refractivity contribution in [2.45, 2.75) is 226 Å². The number of hydrogen-bond donors (Lipinski definition) is 2. The first kappa shape index (κ1) is 67.4. The minimum absolute atomic E-state index is 0. The van der Waals surface area contributed by atoms with Crippen molar-refractivity contribution in [3.05, 3.63) is 95.9 Å². The minimum Gasteiger partial charge on any atom is -0.462 e. The number of rotatable bonds is 18. The van der Waals surface area contributed by atoms with Gasteiger partial charge in [-0.25, -0.2) is 0 Å². The quantitative estimate of drug-likeness (QED) is 0.0572. The van der Waals surface area contributed by atoms with Crippen molar-refractivity contribution < 1.29 is 28.6 Å². The zero-order chi connectivity index (χ0) is 50.6. The third kappa shape index (κ3) is 22.7. The summed E-state index contributed by atoms with van der Waals surface area (Å²) in [5.41, 5.74) is 11.2. The molecule has 0 radical (unpaired) electrons. The number of aromatic amines is 1. The van der Waals surface area contributed by atoms with Gasteiger partial charge in [0.2, 0.25) is 0 Å². The summed E-state index contributed by atoms with van der Waals surface area (Å²) in [6.07, 6.45) is 21.2. The Morgan fingerprint density at radius 3 is 1.41 bits per heavy atom. The smallest absolute Gasteiger partial charge is 0.306 e. The Kier molecular flexibility index (Phi) is 31.7. The van der Waals surface area contributed by atoms with Crippen LogP contribution in [-0.2, 0) is 47.9 Å². The zero-order valence-electron chi connectivity index (χ0n) is 44.6. The van der Waals surface area contributed by atoms with Crippen molar-refractivity contribution in [1.82, 2.24) is 9.97 Å². The van der Waals surface area contributed by atoms with E-state index in [1.165, 1.54) is 55.0 Å². The lowest BCUT2D eigenvalue weighted by atomic mass is 9.75. The number of carbonyl (C=O) groups excluding carboxylic acids is 3. The highest BCUT2D eigenvalue weighted by atomic mass is 16.6. The fourth-order valence-corrected chi connectivity index (χ4v) is 11.3. The average molecular weight is 1030 g/mol. The number of aromatic nitrogens is 2. The van der Waals surface area contributed by atoms with Crippen LogP contribution in [0.25, 0.3) is 10.9 Å². The lowest BCUT2D eigenvalue weighted by Crippen LogP contribution is -2.35. The summed E-state index contributed by atoms with van der Waals surface area (Å²) < 4.78 is 17.5. The zero-order valence-corrected chi connectivity index (χ0v) is 44.6. The first-order valence-electron chi connectivity index (χ1n) is 27.4. The number of pyridine rings is 1. The molecule has 2 aromatic heterocycles. The van der Waals surface area contributed by atoms with E-state index in [4.69, 9.17) is 19.9 Å². The van der Waals surface area contributed by atoms with E-state index < -0.39 is 0 Å². The van der Waals surface area contributed by atoms with E-state index in [9.17, 15) is 14.4 Å². The largest absolute Gasteiger partial charge is 0.462 e. The highest BCUT2D eigenvalue weighted by molar-refractivity contribution is 5.83. The van der Waals surface area contributed by atoms with Crippen molar-refractivity contribution in [3.8, 4) is 0 Å². The number of anilines is 1. The van der Waals surface area contributed by atoms with Crippen LogP contribution in [0.15, 0.2) is 79.1 Å². The molecule has 0 bridgehead atoms. The van der Waals surface area contributed by atoms with E-state index >= 15 is 0 Å². The summed E-state index contributed by atoms with van der Waals surface area (Å²) in [5.74, 6) is 5.20. The van der Waals surface area contributed by atoms with Crippen LogP contribution in [0.5, 0.6) is 0 Å². The Hall–Kier alpha value is -4.66. The molecular formula is C65H107N3O6. The minimum atomic E-state index is -0.0410. The maximum atomic E-state index is 12.3. The van der Waals surface area contributed by atoms with Gasteiger partial charge >= 0.3 is 17.9 Å². The number of hydrogen-bond acceptors (Lipinski definition) is 8. The van der Waals surface area contributed by atoms with Crippen molar-refractivity contribution in [3.63, 3.8) is 0 Å². The van der Waals surface area contributed by atoms with Crippen LogP contribution >= 0.6 is 0 Å². The number of nitrogens with one attached hydrogen (secondary N) is 1. The molecule has 2 aromatic carbocycles. The van der Waals surface area contributed by atoms with Crippen molar-refractivity contribution in [1.29, 1.82) is 0 Å². The third-order valence-corrected chi connectivity index (χ3v) is 15.6. The highest BCUT2D eigenvalue weighted by Crippen LogP contribution is 2.38. The van der Waals surface area contributed by atoms with E-state index in [1.807, 2.05) is 48.5 Å². The second kappa shape index (κ2) is 34.8. The summed E-state index contributed by atoms with van der Waals surface area (Å²) >= 11 is 0.